The second-order valence-corrected chi connectivity index (χ2v) is 6.05. The molecule has 0 spiro atoms. The van der Waals surface area contributed by atoms with Crippen molar-refractivity contribution in [3.63, 3.8) is 0 Å². The Labute approximate surface area is 103 Å². The number of fused-ring (bicyclic) bond motifs is 1. The summed E-state index contributed by atoms with van der Waals surface area (Å²) in [6.45, 7) is 3.79. The maximum atomic E-state index is 9.08. The number of hydrogen-bond donors (Lipinski definition) is 0. The number of thiazole rings is 1. The van der Waals surface area contributed by atoms with Gasteiger partial charge in [0.2, 0.25) is 0 Å². The molecule has 2 aromatic rings. The lowest BCUT2D eigenvalue weighted by molar-refractivity contribution is 0.684. The topological polar surface area (TPSA) is 49.6 Å². The molecule has 2 rings (SSSR count). The van der Waals surface area contributed by atoms with Crippen LogP contribution in [0.1, 0.15) is 19.4 Å². The van der Waals surface area contributed by atoms with Gasteiger partial charge in [-0.05, 0) is 31.7 Å². The molecular formula is C11H11N3S2. The predicted molar refractivity (Wildman–Crippen MR) is 67.8 cm³/mol. The zero-order chi connectivity index (χ0) is 11.8. The molecule has 0 amide bonds. The Morgan fingerprint density at radius 2 is 2.25 bits per heavy atom. The number of aromatic nitrogens is 2. The van der Waals surface area contributed by atoms with Crippen LogP contribution in [0.5, 0.6) is 0 Å². The zero-order valence-electron chi connectivity index (χ0n) is 9.31. The number of nitrogens with zero attached hydrogens (tertiary/aromatic N) is 3. The summed E-state index contributed by atoms with van der Waals surface area (Å²) in [5, 5.41) is 9.08. The normalized spacial score (nSPS) is 11.6. The SMILES string of the molecule is CSc1nc2ncc(C(C)(C)C#N)cc2s1. The van der Waals surface area contributed by atoms with Gasteiger partial charge in [0.1, 0.15) is 0 Å². The van der Waals surface area contributed by atoms with Crippen LogP contribution >= 0.6 is 23.1 Å². The van der Waals surface area contributed by atoms with Gasteiger partial charge in [0, 0.05) is 6.20 Å². The van der Waals surface area contributed by atoms with Gasteiger partial charge in [-0.15, -0.1) is 11.3 Å². The van der Waals surface area contributed by atoms with Crippen molar-refractivity contribution in [2.24, 2.45) is 0 Å². The van der Waals surface area contributed by atoms with Gasteiger partial charge in [0.05, 0.1) is 16.2 Å². The van der Waals surface area contributed by atoms with E-state index in [1.807, 2.05) is 26.2 Å². The van der Waals surface area contributed by atoms with E-state index < -0.39 is 5.41 Å². The van der Waals surface area contributed by atoms with Crippen LogP contribution in [-0.4, -0.2) is 16.2 Å². The average molecular weight is 249 g/mol. The Hall–Kier alpha value is -1.12. The Morgan fingerprint density at radius 3 is 2.88 bits per heavy atom. The van der Waals surface area contributed by atoms with E-state index in [-0.39, 0.29) is 0 Å². The molecule has 16 heavy (non-hydrogen) atoms. The lowest BCUT2D eigenvalue weighted by atomic mass is 9.88. The second-order valence-electron chi connectivity index (χ2n) is 3.97. The summed E-state index contributed by atoms with van der Waals surface area (Å²) in [5.41, 5.74) is 1.22. The van der Waals surface area contributed by atoms with E-state index >= 15 is 0 Å². The number of pyridine rings is 1. The van der Waals surface area contributed by atoms with Crippen LogP contribution in [0.4, 0.5) is 0 Å². The summed E-state index contributed by atoms with van der Waals surface area (Å²) >= 11 is 3.23. The summed E-state index contributed by atoms with van der Waals surface area (Å²) in [4.78, 5) is 8.67. The van der Waals surface area contributed by atoms with Gasteiger partial charge in [-0.1, -0.05) is 11.8 Å². The predicted octanol–water partition coefficient (Wildman–Crippen LogP) is 3.21. The van der Waals surface area contributed by atoms with Crippen molar-refractivity contribution in [3.8, 4) is 6.07 Å². The average Bonchev–Trinajstić information content (AvgIpc) is 2.70. The Bertz CT molecular complexity index is 566. The monoisotopic (exact) mass is 249 g/mol. The Kier molecular flexibility index (Phi) is 2.87. The van der Waals surface area contributed by atoms with Crippen LogP contribution < -0.4 is 0 Å². The van der Waals surface area contributed by atoms with Gasteiger partial charge in [-0.2, -0.15) is 5.26 Å². The van der Waals surface area contributed by atoms with Gasteiger partial charge >= 0.3 is 0 Å². The van der Waals surface area contributed by atoms with Crippen molar-refractivity contribution in [3.05, 3.63) is 17.8 Å². The number of nitriles is 1. The maximum Gasteiger partial charge on any atom is 0.171 e. The molecule has 0 aliphatic rings. The second kappa shape index (κ2) is 4.04. The molecule has 3 nitrogen and oxygen atoms in total. The zero-order valence-corrected chi connectivity index (χ0v) is 10.9. The fraction of sp³-hybridized carbons (Fsp3) is 0.364. The van der Waals surface area contributed by atoms with E-state index in [9.17, 15) is 0 Å². The first-order chi connectivity index (χ1) is 7.56. The van der Waals surface area contributed by atoms with Gasteiger partial charge in [-0.3, -0.25) is 0 Å². The highest BCUT2D eigenvalue weighted by molar-refractivity contribution is 8.00. The minimum Gasteiger partial charge on any atom is -0.236 e. The van der Waals surface area contributed by atoms with Crippen LogP contribution in [0.15, 0.2) is 16.6 Å². The molecule has 0 aliphatic heterocycles. The fourth-order valence-electron chi connectivity index (χ4n) is 1.29. The smallest absolute Gasteiger partial charge is 0.171 e. The molecule has 2 heterocycles. The number of thioether (sulfide) groups is 1. The summed E-state index contributed by atoms with van der Waals surface area (Å²) in [6, 6.07) is 4.30. The third-order valence-electron chi connectivity index (χ3n) is 2.40. The van der Waals surface area contributed by atoms with E-state index in [4.69, 9.17) is 5.26 Å². The van der Waals surface area contributed by atoms with Crippen molar-refractivity contribution in [1.82, 2.24) is 9.97 Å². The molecule has 82 valence electrons. The van der Waals surface area contributed by atoms with E-state index in [0.717, 1.165) is 20.3 Å². The molecule has 0 N–H and O–H groups in total. The van der Waals surface area contributed by atoms with E-state index in [1.54, 1.807) is 29.3 Å². The molecule has 0 unspecified atom stereocenters. The Morgan fingerprint density at radius 1 is 1.50 bits per heavy atom. The highest BCUT2D eigenvalue weighted by Crippen LogP contribution is 2.30. The van der Waals surface area contributed by atoms with Gasteiger partial charge in [0.25, 0.3) is 0 Å². The van der Waals surface area contributed by atoms with Crippen molar-refractivity contribution < 1.29 is 0 Å². The molecule has 2 aromatic heterocycles. The van der Waals surface area contributed by atoms with Crippen LogP contribution in [0.25, 0.3) is 10.3 Å². The number of hydrogen-bond acceptors (Lipinski definition) is 5. The molecular weight excluding hydrogens is 238 g/mol. The molecule has 0 radical (unpaired) electrons. The van der Waals surface area contributed by atoms with Gasteiger partial charge in [0.15, 0.2) is 9.99 Å². The summed E-state index contributed by atoms with van der Waals surface area (Å²) in [5.74, 6) is 0. The van der Waals surface area contributed by atoms with Gasteiger partial charge in [-0.25, -0.2) is 9.97 Å². The molecule has 0 fully saturated rings. The van der Waals surface area contributed by atoms with Crippen molar-refractivity contribution in [2.45, 2.75) is 23.6 Å². The van der Waals surface area contributed by atoms with Crippen LogP contribution in [-0.2, 0) is 5.41 Å². The molecule has 0 aromatic carbocycles. The van der Waals surface area contributed by atoms with Crippen LogP contribution in [0.3, 0.4) is 0 Å². The Balaban J connectivity index is 2.56. The molecule has 5 heteroatoms. The van der Waals surface area contributed by atoms with Crippen LogP contribution in [0.2, 0.25) is 0 Å². The lowest BCUT2D eigenvalue weighted by Crippen LogP contribution is -2.13. The highest BCUT2D eigenvalue weighted by Gasteiger charge is 2.21. The van der Waals surface area contributed by atoms with Crippen molar-refractivity contribution >= 4 is 33.4 Å². The summed E-state index contributed by atoms with van der Waals surface area (Å²) in [6.07, 6.45) is 3.74. The van der Waals surface area contributed by atoms with E-state index in [2.05, 4.69) is 16.0 Å². The first-order valence-electron chi connectivity index (χ1n) is 4.79. The molecule has 0 bridgehead atoms. The summed E-state index contributed by atoms with van der Waals surface area (Å²) < 4.78 is 2.06. The van der Waals surface area contributed by atoms with E-state index in [0.29, 0.717) is 0 Å². The minimum atomic E-state index is -0.495. The lowest BCUT2D eigenvalue weighted by Gasteiger charge is -2.14. The molecule has 0 aliphatic carbocycles. The van der Waals surface area contributed by atoms with E-state index in [1.165, 1.54) is 0 Å². The maximum absolute atomic E-state index is 9.08. The quantitative estimate of drug-likeness (QED) is 0.767. The highest BCUT2D eigenvalue weighted by atomic mass is 32.2. The third kappa shape index (κ3) is 1.91. The standard InChI is InChI=1S/C11H11N3S2/c1-11(2,6-12)7-4-8-9(13-5-7)14-10(15-3)16-8/h4-5H,1-3H3. The first-order valence-corrected chi connectivity index (χ1v) is 6.83. The largest absolute Gasteiger partial charge is 0.236 e. The fourth-order valence-corrected chi connectivity index (χ4v) is 2.77. The summed E-state index contributed by atoms with van der Waals surface area (Å²) in [7, 11) is 0. The van der Waals surface area contributed by atoms with Crippen molar-refractivity contribution in [1.29, 1.82) is 5.26 Å². The third-order valence-corrected chi connectivity index (χ3v) is 4.38. The number of rotatable bonds is 2. The van der Waals surface area contributed by atoms with Crippen molar-refractivity contribution in [2.75, 3.05) is 6.26 Å². The molecule has 0 atom stereocenters. The first kappa shape index (κ1) is 11.4. The molecule has 0 saturated heterocycles. The minimum absolute atomic E-state index is 0.495. The van der Waals surface area contributed by atoms with Crippen LogP contribution in [0, 0.1) is 11.3 Å². The van der Waals surface area contributed by atoms with Gasteiger partial charge < -0.3 is 0 Å². The molecule has 0 saturated carbocycles.